The Morgan fingerprint density at radius 3 is 2.75 bits per heavy atom. The number of benzene rings is 1. The van der Waals surface area contributed by atoms with Crippen molar-refractivity contribution >= 4 is 47.1 Å². The molecule has 1 aromatic carbocycles. The molecule has 0 heterocycles. The van der Waals surface area contributed by atoms with Gasteiger partial charge in [-0.3, -0.25) is 4.79 Å². The summed E-state index contributed by atoms with van der Waals surface area (Å²) >= 11 is 5.79. The Kier molecular flexibility index (Phi) is 7.85. The summed E-state index contributed by atoms with van der Waals surface area (Å²) in [5.74, 6) is -0.0452. The van der Waals surface area contributed by atoms with Gasteiger partial charge in [0.1, 0.15) is 5.75 Å². The molecule has 0 bridgehead atoms. The fraction of sp³-hybridized carbons (Fsp3) is 0.364. The topological polar surface area (TPSA) is 46.5 Å². The number of carboxylic acid groups (broad SMARTS) is 1. The van der Waals surface area contributed by atoms with Crippen molar-refractivity contribution in [1.82, 2.24) is 0 Å². The largest absolute Gasteiger partial charge is 0.493 e. The van der Waals surface area contributed by atoms with Gasteiger partial charge in [-0.1, -0.05) is 11.6 Å². The molecule has 0 saturated heterocycles. The number of carboxylic acids is 1. The maximum Gasteiger partial charge on any atom is 0.303 e. The van der Waals surface area contributed by atoms with E-state index in [9.17, 15) is 4.79 Å². The minimum atomic E-state index is -0.800. The summed E-state index contributed by atoms with van der Waals surface area (Å²) in [7, 11) is 0. The van der Waals surface area contributed by atoms with Crippen molar-refractivity contribution in [1.29, 1.82) is 0 Å². The number of aliphatic carboxylic acids is 1. The molecule has 0 spiro atoms. The van der Waals surface area contributed by atoms with Crippen molar-refractivity contribution in [2.45, 2.75) is 19.8 Å². The van der Waals surface area contributed by atoms with Crippen LogP contribution in [0.2, 0.25) is 5.02 Å². The Hall–Kier alpha value is -0.220. The van der Waals surface area contributed by atoms with Crippen LogP contribution >= 0.6 is 11.6 Å². The fourth-order valence-electron chi connectivity index (χ4n) is 1.18. The van der Waals surface area contributed by atoms with Crippen LogP contribution in [0.1, 0.15) is 18.4 Å². The third-order valence-electron chi connectivity index (χ3n) is 1.93. The van der Waals surface area contributed by atoms with E-state index < -0.39 is 5.97 Å². The van der Waals surface area contributed by atoms with Crippen LogP contribution in [0.4, 0.5) is 0 Å². The summed E-state index contributed by atoms with van der Waals surface area (Å²) in [6, 6.07) is 5.35. The summed E-state index contributed by atoms with van der Waals surface area (Å²) in [5, 5.41) is 9.10. The zero-order chi connectivity index (χ0) is 11.3. The Morgan fingerprint density at radius 1 is 1.50 bits per heavy atom. The quantitative estimate of drug-likeness (QED) is 0.646. The molecule has 0 aliphatic heterocycles. The minimum absolute atomic E-state index is 0. The first kappa shape index (κ1) is 15.8. The first-order chi connectivity index (χ1) is 7.09. The molecule has 0 saturated carbocycles. The van der Waals surface area contributed by atoms with E-state index in [1.165, 1.54) is 0 Å². The third-order valence-corrected chi connectivity index (χ3v) is 2.16. The molecular formula is C11H13ClNaO3. The standard InChI is InChI=1S/C11H13ClO3.Na/c1-8-7-9(12)4-5-10(8)15-6-2-3-11(13)14;/h4-5,7H,2-3,6H2,1H3,(H,13,14);. The van der Waals surface area contributed by atoms with Gasteiger partial charge in [0.25, 0.3) is 0 Å². The van der Waals surface area contributed by atoms with Gasteiger partial charge in [0.2, 0.25) is 0 Å². The molecule has 0 aliphatic rings. The molecule has 5 heteroatoms. The van der Waals surface area contributed by atoms with E-state index in [0.29, 0.717) is 18.1 Å². The van der Waals surface area contributed by atoms with E-state index in [1.54, 1.807) is 12.1 Å². The predicted octanol–water partition coefficient (Wildman–Crippen LogP) is 2.51. The Morgan fingerprint density at radius 2 is 2.19 bits per heavy atom. The van der Waals surface area contributed by atoms with Gasteiger partial charge in [-0.15, -0.1) is 0 Å². The molecule has 0 amide bonds. The van der Waals surface area contributed by atoms with Crippen LogP contribution in [-0.2, 0) is 4.79 Å². The van der Waals surface area contributed by atoms with E-state index in [0.717, 1.165) is 11.3 Å². The van der Waals surface area contributed by atoms with Crippen LogP contribution in [-0.4, -0.2) is 47.2 Å². The molecule has 0 unspecified atom stereocenters. The van der Waals surface area contributed by atoms with Crippen molar-refractivity contribution < 1.29 is 14.6 Å². The number of rotatable bonds is 5. The van der Waals surface area contributed by atoms with Crippen LogP contribution in [0.3, 0.4) is 0 Å². The fourth-order valence-corrected chi connectivity index (χ4v) is 1.41. The molecule has 1 radical (unpaired) electrons. The number of ether oxygens (including phenoxy) is 1. The monoisotopic (exact) mass is 251 g/mol. The average molecular weight is 252 g/mol. The van der Waals surface area contributed by atoms with Crippen LogP contribution in [0.25, 0.3) is 0 Å². The van der Waals surface area contributed by atoms with E-state index in [2.05, 4.69) is 0 Å². The number of aryl methyl sites for hydroxylation is 1. The first-order valence-corrected chi connectivity index (χ1v) is 5.08. The molecular weight excluding hydrogens is 239 g/mol. The second-order valence-electron chi connectivity index (χ2n) is 3.26. The van der Waals surface area contributed by atoms with Gasteiger partial charge in [-0.2, -0.15) is 0 Å². The predicted molar refractivity (Wildman–Crippen MR) is 64.3 cm³/mol. The van der Waals surface area contributed by atoms with E-state index in [4.69, 9.17) is 21.4 Å². The van der Waals surface area contributed by atoms with Crippen LogP contribution in [0, 0.1) is 6.92 Å². The molecule has 1 rings (SSSR count). The van der Waals surface area contributed by atoms with Crippen molar-refractivity contribution in [3.8, 4) is 5.75 Å². The summed E-state index contributed by atoms with van der Waals surface area (Å²) < 4.78 is 5.42. The second kappa shape index (κ2) is 7.96. The molecule has 0 aliphatic carbocycles. The minimum Gasteiger partial charge on any atom is -0.493 e. The Balaban J connectivity index is 0.00000225. The first-order valence-electron chi connectivity index (χ1n) is 4.70. The average Bonchev–Trinajstić information content (AvgIpc) is 2.14. The van der Waals surface area contributed by atoms with Gasteiger partial charge in [0, 0.05) is 41.0 Å². The smallest absolute Gasteiger partial charge is 0.303 e. The van der Waals surface area contributed by atoms with Gasteiger partial charge >= 0.3 is 5.97 Å². The van der Waals surface area contributed by atoms with Crippen LogP contribution in [0.15, 0.2) is 18.2 Å². The maximum absolute atomic E-state index is 10.2. The summed E-state index contributed by atoms with van der Waals surface area (Å²) in [6.45, 7) is 2.31. The normalized spacial score (nSPS) is 9.38. The maximum atomic E-state index is 10.2. The van der Waals surface area contributed by atoms with Gasteiger partial charge < -0.3 is 9.84 Å². The summed E-state index contributed by atoms with van der Waals surface area (Å²) in [6.07, 6.45) is 0.643. The van der Waals surface area contributed by atoms with Gasteiger partial charge in [-0.05, 0) is 37.1 Å². The number of hydrogen-bond acceptors (Lipinski definition) is 2. The SMILES string of the molecule is Cc1cc(Cl)ccc1OCCCC(=O)O.[Na]. The van der Waals surface area contributed by atoms with Gasteiger partial charge in [-0.25, -0.2) is 0 Å². The van der Waals surface area contributed by atoms with Gasteiger partial charge in [0.05, 0.1) is 6.61 Å². The van der Waals surface area contributed by atoms with Crippen molar-refractivity contribution in [2.75, 3.05) is 6.61 Å². The molecule has 0 aromatic heterocycles. The molecule has 0 fully saturated rings. The number of hydrogen-bond donors (Lipinski definition) is 1. The van der Waals surface area contributed by atoms with E-state index >= 15 is 0 Å². The van der Waals surface area contributed by atoms with Crippen molar-refractivity contribution in [3.63, 3.8) is 0 Å². The molecule has 83 valence electrons. The Bertz CT molecular complexity index is 355. The number of carbonyl (C=O) groups is 1. The van der Waals surface area contributed by atoms with E-state index in [1.807, 2.05) is 13.0 Å². The van der Waals surface area contributed by atoms with E-state index in [-0.39, 0.29) is 36.0 Å². The molecule has 1 aromatic rings. The summed E-state index contributed by atoms with van der Waals surface area (Å²) in [5.41, 5.74) is 0.956. The molecule has 1 N–H and O–H groups in total. The zero-order valence-electron chi connectivity index (χ0n) is 9.50. The van der Waals surface area contributed by atoms with Gasteiger partial charge in [0.15, 0.2) is 0 Å². The van der Waals surface area contributed by atoms with Crippen LogP contribution in [0.5, 0.6) is 5.75 Å². The zero-order valence-corrected chi connectivity index (χ0v) is 12.3. The van der Waals surface area contributed by atoms with Crippen molar-refractivity contribution in [3.05, 3.63) is 28.8 Å². The molecule has 16 heavy (non-hydrogen) atoms. The summed E-state index contributed by atoms with van der Waals surface area (Å²) in [4.78, 5) is 10.2. The van der Waals surface area contributed by atoms with Crippen LogP contribution < -0.4 is 4.74 Å². The molecule has 0 atom stereocenters. The third kappa shape index (κ3) is 5.75. The molecule has 3 nitrogen and oxygen atoms in total. The van der Waals surface area contributed by atoms with Crippen molar-refractivity contribution in [2.24, 2.45) is 0 Å². The number of halogens is 1. The second-order valence-corrected chi connectivity index (χ2v) is 3.69. The Labute approximate surface area is 122 Å².